The van der Waals surface area contributed by atoms with Crippen LogP contribution in [0, 0.1) is 0 Å². The molecule has 0 saturated carbocycles. The molecular weight excluding hydrogens is 454 g/mol. The van der Waals surface area contributed by atoms with Gasteiger partial charge >= 0.3 is 0 Å². The van der Waals surface area contributed by atoms with Crippen LogP contribution >= 0.6 is 11.8 Å². The first kappa shape index (κ1) is 25.5. The second-order valence-electron chi connectivity index (χ2n) is 9.36. The molecule has 2 aliphatic heterocycles. The number of para-hydroxylation sites is 1. The van der Waals surface area contributed by atoms with Crippen LogP contribution in [0.1, 0.15) is 57.1 Å². The molecule has 2 aromatic carbocycles. The predicted molar refractivity (Wildman–Crippen MR) is 146 cm³/mol. The number of carbonyl (C=O) groups is 2. The molecule has 1 fully saturated rings. The lowest BCUT2D eigenvalue weighted by molar-refractivity contribution is -0.122. The van der Waals surface area contributed by atoms with E-state index < -0.39 is 0 Å². The van der Waals surface area contributed by atoms with Crippen LogP contribution in [0.3, 0.4) is 0 Å². The highest BCUT2D eigenvalue weighted by Gasteiger charge is 2.30. The van der Waals surface area contributed by atoms with E-state index in [1.165, 1.54) is 49.6 Å². The van der Waals surface area contributed by atoms with Gasteiger partial charge in [0.2, 0.25) is 5.91 Å². The number of anilines is 1. The SMILES string of the molecule is CCc1ccc(/C=C2/Sc3ccccc3N(CC(=O)NCCCN3CCCCC3CC)C2=O)cc1. The van der Waals surface area contributed by atoms with Gasteiger partial charge in [-0.05, 0) is 68.0 Å². The fourth-order valence-electron chi connectivity index (χ4n) is 4.95. The largest absolute Gasteiger partial charge is 0.355 e. The smallest absolute Gasteiger partial charge is 0.265 e. The van der Waals surface area contributed by atoms with Crippen molar-refractivity contribution in [3.63, 3.8) is 0 Å². The van der Waals surface area contributed by atoms with Gasteiger partial charge in [-0.1, -0.05) is 68.4 Å². The van der Waals surface area contributed by atoms with Gasteiger partial charge < -0.3 is 10.2 Å². The lowest BCUT2D eigenvalue weighted by atomic mass is 10.00. The lowest BCUT2D eigenvalue weighted by Gasteiger charge is -2.35. The van der Waals surface area contributed by atoms with Crippen molar-refractivity contribution in [3.05, 3.63) is 64.6 Å². The lowest BCUT2D eigenvalue weighted by Crippen LogP contribution is -2.44. The number of hydrogen-bond donors (Lipinski definition) is 1. The molecule has 0 aliphatic carbocycles. The van der Waals surface area contributed by atoms with E-state index in [1.807, 2.05) is 42.5 Å². The highest BCUT2D eigenvalue weighted by atomic mass is 32.2. The first-order chi connectivity index (χ1) is 17.1. The van der Waals surface area contributed by atoms with Gasteiger partial charge in [-0.15, -0.1) is 0 Å². The van der Waals surface area contributed by atoms with Crippen LogP contribution in [-0.2, 0) is 16.0 Å². The zero-order valence-electron chi connectivity index (χ0n) is 21.0. The highest BCUT2D eigenvalue weighted by molar-refractivity contribution is 8.04. The monoisotopic (exact) mass is 491 g/mol. The minimum absolute atomic E-state index is 0.0316. The number of nitrogens with one attached hydrogen (secondary N) is 1. The Labute approximate surface area is 214 Å². The summed E-state index contributed by atoms with van der Waals surface area (Å²) in [5.74, 6) is -0.236. The molecule has 1 atom stereocenters. The Kier molecular flexibility index (Phi) is 9.05. The highest BCUT2D eigenvalue weighted by Crippen LogP contribution is 2.41. The topological polar surface area (TPSA) is 52.7 Å². The van der Waals surface area contributed by atoms with Crippen molar-refractivity contribution >= 4 is 35.3 Å². The number of carbonyl (C=O) groups excluding carboxylic acids is 2. The third-order valence-electron chi connectivity index (χ3n) is 6.98. The molecule has 0 aromatic heterocycles. The van der Waals surface area contributed by atoms with Crippen molar-refractivity contribution in [2.45, 2.75) is 63.3 Å². The van der Waals surface area contributed by atoms with Crippen LogP contribution in [0.4, 0.5) is 5.69 Å². The molecule has 4 rings (SSSR count). The van der Waals surface area contributed by atoms with Gasteiger partial charge in [-0.3, -0.25) is 14.5 Å². The van der Waals surface area contributed by atoms with Crippen LogP contribution < -0.4 is 10.2 Å². The molecule has 2 aromatic rings. The van der Waals surface area contributed by atoms with Gasteiger partial charge in [-0.25, -0.2) is 0 Å². The van der Waals surface area contributed by atoms with Crippen LogP contribution in [0.25, 0.3) is 6.08 Å². The summed E-state index contributed by atoms with van der Waals surface area (Å²) in [7, 11) is 0. The van der Waals surface area contributed by atoms with E-state index >= 15 is 0 Å². The molecule has 1 N–H and O–H groups in total. The zero-order chi connectivity index (χ0) is 24.6. The van der Waals surface area contributed by atoms with Crippen molar-refractivity contribution in [2.24, 2.45) is 0 Å². The summed E-state index contributed by atoms with van der Waals surface area (Å²) in [6, 6.07) is 16.8. The van der Waals surface area contributed by atoms with Gasteiger partial charge in [-0.2, -0.15) is 0 Å². The number of rotatable bonds is 9. The summed E-state index contributed by atoms with van der Waals surface area (Å²) in [5, 5.41) is 3.05. The zero-order valence-corrected chi connectivity index (χ0v) is 21.8. The fraction of sp³-hybridized carbons (Fsp3) is 0.448. The molecule has 2 amide bonds. The van der Waals surface area contributed by atoms with Crippen molar-refractivity contribution in [3.8, 4) is 0 Å². The molecule has 0 radical (unpaired) electrons. The molecule has 0 bridgehead atoms. The molecule has 2 heterocycles. The summed E-state index contributed by atoms with van der Waals surface area (Å²) in [6.45, 7) is 7.24. The maximum absolute atomic E-state index is 13.4. The van der Waals surface area contributed by atoms with Gasteiger partial charge in [0.15, 0.2) is 0 Å². The third kappa shape index (κ3) is 6.56. The van der Waals surface area contributed by atoms with Crippen molar-refractivity contribution in [1.29, 1.82) is 0 Å². The summed E-state index contributed by atoms with van der Waals surface area (Å²) in [4.78, 5) is 32.1. The van der Waals surface area contributed by atoms with Gasteiger partial charge in [0.25, 0.3) is 5.91 Å². The molecule has 0 spiro atoms. The van der Waals surface area contributed by atoms with Crippen LogP contribution in [0.15, 0.2) is 58.3 Å². The summed E-state index contributed by atoms with van der Waals surface area (Å²) < 4.78 is 0. The van der Waals surface area contributed by atoms with E-state index in [2.05, 4.69) is 36.2 Å². The minimum Gasteiger partial charge on any atom is -0.355 e. The van der Waals surface area contributed by atoms with E-state index in [-0.39, 0.29) is 18.4 Å². The van der Waals surface area contributed by atoms with Gasteiger partial charge in [0.1, 0.15) is 6.54 Å². The molecule has 186 valence electrons. The molecule has 35 heavy (non-hydrogen) atoms. The van der Waals surface area contributed by atoms with Crippen molar-refractivity contribution < 1.29 is 9.59 Å². The van der Waals surface area contributed by atoms with Gasteiger partial charge in [0, 0.05) is 24.0 Å². The Hall–Kier alpha value is -2.57. The number of hydrogen-bond acceptors (Lipinski definition) is 4. The molecule has 6 heteroatoms. The Morgan fingerprint density at radius 1 is 1.11 bits per heavy atom. The summed E-state index contributed by atoms with van der Waals surface area (Å²) in [5.41, 5.74) is 3.06. The second kappa shape index (κ2) is 12.4. The standard InChI is InChI=1S/C29H37N3O2S/c1-3-22-13-15-23(16-14-22)20-27-29(34)32(25-11-5-6-12-26(25)35-27)21-28(33)30-17-9-19-31-18-8-7-10-24(31)4-2/h5-6,11-16,20,24H,3-4,7-10,17-19,21H2,1-2H3,(H,30,33)/b27-20+. The minimum atomic E-state index is -0.123. The number of piperidine rings is 1. The normalized spacial score (nSPS) is 19.6. The number of nitrogens with zero attached hydrogens (tertiary/aromatic N) is 2. The van der Waals surface area contributed by atoms with Crippen molar-refractivity contribution in [1.82, 2.24) is 10.2 Å². The average Bonchev–Trinajstić information content (AvgIpc) is 2.89. The summed E-state index contributed by atoms with van der Waals surface area (Å²) in [6.07, 6.45) is 8.93. The van der Waals surface area contributed by atoms with E-state index in [0.717, 1.165) is 35.5 Å². The molecule has 1 unspecified atom stereocenters. The number of aryl methyl sites for hydroxylation is 1. The number of likely N-dealkylation sites (tertiary alicyclic amines) is 1. The molecule has 5 nitrogen and oxygen atoms in total. The summed E-state index contributed by atoms with van der Waals surface area (Å²) >= 11 is 1.47. The van der Waals surface area contributed by atoms with Crippen LogP contribution in [0.2, 0.25) is 0 Å². The number of benzene rings is 2. The van der Waals surface area contributed by atoms with E-state index in [1.54, 1.807) is 4.90 Å². The second-order valence-corrected chi connectivity index (χ2v) is 10.4. The first-order valence-electron chi connectivity index (χ1n) is 13.0. The van der Waals surface area contributed by atoms with Crippen molar-refractivity contribution in [2.75, 3.05) is 31.1 Å². The van der Waals surface area contributed by atoms with Crippen LogP contribution in [0.5, 0.6) is 0 Å². The molecule has 2 aliphatic rings. The fourth-order valence-corrected chi connectivity index (χ4v) is 6.01. The Morgan fingerprint density at radius 2 is 1.91 bits per heavy atom. The van der Waals surface area contributed by atoms with E-state index in [0.29, 0.717) is 17.5 Å². The number of fused-ring (bicyclic) bond motifs is 1. The quantitative estimate of drug-likeness (QED) is 0.372. The van der Waals surface area contributed by atoms with E-state index in [4.69, 9.17) is 0 Å². The van der Waals surface area contributed by atoms with E-state index in [9.17, 15) is 9.59 Å². The molecule has 1 saturated heterocycles. The maximum Gasteiger partial charge on any atom is 0.265 e. The Morgan fingerprint density at radius 3 is 2.69 bits per heavy atom. The van der Waals surface area contributed by atoms with Crippen LogP contribution in [-0.4, -0.2) is 48.9 Å². The maximum atomic E-state index is 13.4. The number of amides is 2. The predicted octanol–water partition coefficient (Wildman–Crippen LogP) is 5.50. The Bertz CT molecular complexity index is 1050. The Balaban J connectivity index is 1.38. The first-order valence-corrected chi connectivity index (χ1v) is 13.8. The average molecular weight is 492 g/mol. The third-order valence-corrected chi connectivity index (χ3v) is 8.06. The number of thioether (sulfide) groups is 1. The van der Waals surface area contributed by atoms with Gasteiger partial charge in [0.05, 0.1) is 10.6 Å². The molecular formula is C29H37N3O2S.